The maximum atomic E-state index is 11.1. The molecular formula is C30H26O8. The van der Waals surface area contributed by atoms with Crippen LogP contribution >= 0.6 is 0 Å². The molecule has 0 fully saturated rings. The van der Waals surface area contributed by atoms with Crippen molar-refractivity contribution in [2.24, 2.45) is 0 Å². The smallest absolute Gasteiger partial charge is 0.161 e. The molecule has 4 aromatic carbocycles. The minimum atomic E-state index is -0.565. The van der Waals surface area contributed by atoms with Gasteiger partial charge in [-0.05, 0) is 70.3 Å². The van der Waals surface area contributed by atoms with Crippen LogP contribution in [0.1, 0.15) is 39.7 Å². The normalized spacial score (nSPS) is 17.4. The lowest BCUT2D eigenvalue weighted by Gasteiger charge is -2.24. The fourth-order valence-electron chi connectivity index (χ4n) is 5.25. The minimum Gasteiger partial charge on any atom is -0.508 e. The van der Waals surface area contributed by atoms with Gasteiger partial charge < -0.3 is 40.1 Å². The molecule has 1 aliphatic rings. The molecule has 0 spiro atoms. The lowest BCUT2D eigenvalue weighted by Crippen LogP contribution is -2.08. The average Bonchev–Trinajstić information content (AvgIpc) is 3.19. The summed E-state index contributed by atoms with van der Waals surface area (Å²) in [5.74, 6) is -1.27. The first-order valence-corrected chi connectivity index (χ1v) is 11.7. The van der Waals surface area contributed by atoms with E-state index in [2.05, 4.69) is 0 Å². The number of benzene rings is 4. The van der Waals surface area contributed by atoms with Crippen LogP contribution in [0.25, 0.3) is 11.6 Å². The van der Waals surface area contributed by atoms with Crippen molar-refractivity contribution in [3.8, 4) is 46.0 Å². The first-order chi connectivity index (χ1) is 18.2. The Morgan fingerprint density at radius 2 is 1.18 bits per heavy atom. The zero-order valence-electron chi connectivity index (χ0n) is 20.6. The second kappa shape index (κ2) is 9.48. The summed E-state index contributed by atoms with van der Waals surface area (Å²) in [4.78, 5) is 0. The topological polar surface area (TPSA) is 140 Å². The average molecular weight is 515 g/mol. The van der Waals surface area contributed by atoms with Gasteiger partial charge in [-0.1, -0.05) is 18.2 Å². The molecule has 0 aromatic heterocycles. The summed E-state index contributed by atoms with van der Waals surface area (Å²) in [6.07, 6.45) is 1.84. The number of ether oxygens (including phenoxy) is 2. The molecule has 0 unspecified atom stereocenters. The Kier molecular flexibility index (Phi) is 6.16. The zero-order valence-corrected chi connectivity index (χ0v) is 20.6. The number of rotatable bonds is 5. The van der Waals surface area contributed by atoms with Gasteiger partial charge in [0.2, 0.25) is 0 Å². The number of methoxy groups -OCH3 is 2. The van der Waals surface area contributed by atoms with Crippen LogP contribution in [-0.4, -0.2) is 44.9 Å². The van der Waals surface area contributed by atoms with Crippen molar-refractivity contribution < 1.29 is 40.1 Å². The van der Waals surface area contributed by atoms with Crippen molar-refractivity contribution in [1.82, 2.24) is 0 Å². The van der Waals surface area contributed by atoms with E-state index in [1.54, 1.807) is 30.3 Å². The summed E-state index contributed by atoms with van der Waals surface area (Å²) < 4.78 is 10.6. The molecule has 1 aliphatic carbocycles. The van der Waals surface area contributed by atoms with E-state index < -0.39 is 11.8 Å². The van der Waals surface area contributed by atoms with Crippen LogP contribution in [0.2, 0.25) is 0 Å². The Morgan fingerprint density at radius 3 is 1.84 bits per heavy atom. The van der Waals surface area contributed by atoms with Crippen LogP contribution < -0.4 is 9.47 Å². The van der Waals surface area contributed by atoms with E-state index in [-0.39, 0.29) is 46.0 Å². The number of aromatic hydroxyl groups is 6. The second-order valence-corrected chi connectivity index (χ2v) is 9.13. The van der Waals surface area contributed by atoms with E-state index in [0.29, 0.717) is 33.4 Å². The molecule has 8 heteroatoms. The van der Waals surface area contributed by atoms with Gasteiger partial charge in [0.1, 0.15) is 23.0 Å². The third-order valence-corrected chi connectivity index (χ3v) is 6.81. The molecule has 4 aromatic rings. The minimum absolute atomic E-state index is 0.0275. The quantitative estimate of drug-likeness (QED) is 0.208. The van der Waals surface area contributed by atoms with Gasteiger partial charge in [0.05, 0.1) is 14.2 Å². The van der Waals surface area contributed by atoms with Gasteiger partial charge in [-0.2, -0.15) is 0 Å². The number of hydrogen-bond donors (Lipinski definition) is 6. The number of phenolic OH excluding ortho intramolecular Hbond substituents is 6. The van der Waals surface area contributed by atoms with Crippen molar-refractivity contribution in [2.75, 3.05) is 14.2 Å². The third kappa shape index (κ3) is 4.26. The van der Waals surface area contributed by atoms with Gasteiger partial charge in [0.25, 0.3) is 0 Å². The van der Waals surface area contributed by atoms with Crippen LogP contribution in [0.15, 0.2) is 66.7 Å². The van der Waals surface area contributed by atoms with Gasteiger partial charge in [-0.3, -0.25) is 0 Å². The highest BCUT2D eigenvalue weighted by atomic mass is 16.5. The Hall–Kier alpha value is -4.98. The van der Waals surface area contributed by atoms with Gasteiger partial charge in [-0.25, -0.2) is 0 Å². The molecule has 0 radical (unpaired) electrons. The van der Waals surface area contributed by atoms with Crippen molar-refractivity contribution in [3.05, 3.63) is 94.5 Å². The first-order valence-electron chi connectivity index (χ1n) is 11.7. The highest BCUT2D eigenvalue weighted by molar-refractivity contribution is 5.93. The molecule has 8 nitrogen and oxygen atoms in total. The van der Waals surface area contributed by atoms with Gasteiger partial charge >= 0.3 is 0 Å². The van der Waals surface area contributed by atoms with E-state index in [1.807, 2.05) is 6.08 Å². The summed E-state index contributed by atoms with van der Waals surface area (Å²) in [6, 6.07) is 16.8. The predicted octanol–water partition coefficient (Wildman–Crippen LogP) is 5.41. The lowest BCUT2D eigenvalue weighted by molar-refractivity contribution is 0.372. The number of hydrogen-bond acceptors (Lipinski definition) is 8. The van der Waals surface area contributed by atoms with E-state index in [1.165, 1.54) is 50.6 Å². The van der Waals surface area contributed by atoms with E-state index in [9.17, 15) is 30.6 Å². The van der Waals surface area contributed by atoms with Gasteiger partial charge in [-0.15, -0.1) is 0 Å². The molecule has 5 rings (SSSR count). The maximum absolute atomic E-state index is 11.1. The van der Waals surface area contributed by atoms with E-state index in [4.69, 9.17) is 9.47 Å². The van der Waals surface area contributed by atoms with Crippen LogP contribution in [0.4, 0.5) is 0 Å². The first kappa shape index (κ1) is 24.7. The molecule has 0 amide bonds. The van der Waals surface area contributed by atoms with Crippen molar-refractivity contribution in [1.29, 1.82) is 0 Å². The highest BCUT2D eigenvalue weighted by Crippen LogP contribution is 2.59. The standard InChI is InChI=1S/C30H26O8/c1-37-26-8-15(3-5-23(26)34)7-21-22-13-20(33)14-25(36)30(22)29(16-4-6-24(35)27(11-16)38-2)28(21)17-9-18(31)12-19(32)10-17/h3-14,28-29,31-36H,1-2H3/b21-7+/t28-,29-/m0/s1. The molecule has 0 aliphatic heterocycles. The Morgan fingerprint density at radius 1 is 0.579 bits per heavy atom. The van der Waals surface area contributed by atoms with Crippen LogP contribution in [-0.2, 0) is 0 Å². The van der Waals surface area contributed by atoms with Gasteiger partial charge in [0.15, 0.2) is 23.0 Å². The van der Waals surface area contributed by atoms with E-state index >= 15 is 0 Å². The van der Waals surface area contributed by atoms with Crippen molar-refractivity contribution in [3.63, 3.8) is 0 Å². The predicted molar refractivity (Wildman–Crippen MR) is 141 cm³/mol. The number of fused-ring (bicyclic) bond motifs is 1. The Labute approximate surface area is 218 Å². The molecule has 0 heterocycles. The molecule has 2 atom stereocenters. The van der Waals surface area contributed by atoms with Crippen molar-refractivity contribution >= 4 is 11.6 Å². The second-order valence-electron chi connectivity index (χ2n) is 9.13. The highest BCUT2D eigenvalue weighted by Gasteiger charge is 2.41. The Bertz CT molecular complexity index is 1550. The molecule has 0 saturated heterocycles. The Balaban J connectivity index is 1.84. The van der Waals surface area contributed by atoms with Gasteiger partial charge in [0, 0.05) is 29.5 Å². The fraction of sp³-hybridized carbons (Fsp3) is 0.133. The van der Waals surface area contributed by atoms with E-state index in [0.717, 1.165) is 0 Å². The van der Waals surface area contributed by atoms with Crippen LogP contribution in [0.5, 0.6) is 46.0 Å². The summed E-state index contributed by atoms with van der Waals surface area (Å²) in [6.45, 7) is 0. The number of allylic oxidation sites excluding steroid dienone is 1. The summed E-state index contributed by atoms with van der Waals surface area (Å²) >= 11 is 0. The third-order valence-electron chi connectivity index (χ3n) is 6.81. The van der Waals surface area contributed by atoms with Crippen LogP contribution in [0, 0.1) is 0 Å². The van der Waals surface area contributed by atoms with Crippen molar-refractivity contribution in [2.45, 2.75) is 11.8 Å². The fourth-order valence-corrected chi connectivity index (χ4v) is 5.25. The molecule has 38 heavy (non-hydrogen) atoms. The SMILES string of the molecule is COc1cc(/C=C2\c3cc(O)cc(O)c3[C@@H](c3ccc(O)c(OC)c3)[C@H]2c2cc(O)cc(O)c2)ccc1O. The largest absolute Gasteiger partial charge is 0.508 e. The summed E-state index contributed by atoms with van der Waals surface area (Å²) in [5.41, 5.74) is 3.63. The maximum Gasteiger partial charge on any atom is 0.161 e. The molecular weight excluding hydrogens is 488 g/mol. The molecule has 6 N–H and O–H groups in total. The number of phenols is 6. The summed E-state index contributed by atoms with van der Waals surface area (Å²) in [7, 11) is 2.88. The zero-order chi connectivity index (χ0) is 27.1. The lowest BCUT2D eigenvalue weighted by atomic mass is 9.79. The molecule has 194 valence electrons. The monoisotopic (exact) mass is 514 g/mol. The van der Waals surface area contributed by atoms with Crippen LogP contribution in [0.3, 0.4) is 0 Å². The molecule has 0 saturated carbocycles. The summed E-state index contributed by atoms with van der Waals surface area (Å²) in [5, 5.41) is 62.5. The molecule has 0 bridgehead atoms.